The lowest BCUT2D eigenvalue weighted by Crippen LogP contribution is -2.41. The first-order valence-corrected chi connectivity index (χ1v) is 6.33. The topological polar surface area (TPSA) is 65.0 Å². The van der Waals surface area contributed by atoms with Crippen molar-refractivity contribution in [1.29, 1.82) is 0 Å². The van der Waals surface area contributed by atoms with E-state index in [9.17, 15) is 9.59 Å². The SMILES string of the molecule is CC1(C)OB(c2ccc(N=C=O)c(C=O)c2)OC1(C)C. The van der Waals surface area contributed by atoms with Crippen molar-refractivity contribution in [2.24, 2.45) is 4.99 Å². The highest BCUT2D eigenvalue weighted by Gasteiger charge is 2.51. The summed E-state index contributed by atoms with van der Waals surface area (Å²) in [5, 5.41) is 0. The van der Waals surface area contributed by atoms with Gasteiger partial charge in [-0.2, -0.15) is 4.99 Å². The van der Waals surface area contributed by atoms with Gasteiger partial charge >= 0.3 is 7.12 Å². The number of carbonyl (C=O) groups excluding carboxylic acids is 2. The molecule has 1 fully saturated rings. The van der Waals surface area contributed by atoms with E-state index in [2.05, 4.69) is 4.99 Å². The number of rotatable bonds is 3. The van der Waals surface area contributed by atoms with Gasteiger partial charge < -0.3 is 9.31 Å². The third kappa shape index (κ3) is 2.45. The molecule has 6 heteroatoms. The van der Waals surface area contributed by atoms with Gasteiger partial charge in [-0.05, 0) is 45.3 Å². The summed E-state index contributed by atoms with van der Waals surface area (Å²) in [6.45, 7) is 7.83. The number of hydrogen-bond donors (Lipinski definition) is 0. The number of aldehydes is 1. The molecule has 1 heterocycles. The van der Waals surface area contributed by atoms with E-state index < -0.39 is 18.3 Å². The Labute approximate surface area is 118 Å². The van der Waals surface area contributed by atoms with Crippen molar-refractivity contribution in [2.75, 3.05) is 0 Å². The third-order valence-electron chi connectivity index (χ3n) is 3.87. The largest absolute Gasteiger partial charge is 0.494 e. The van der Waals surface area contributed by atoms with Crippen molar-refractivity contribution in [3.8, 4) is 0 Å². The smallest absolute Gasteiger partial charge is 0.399 e. The third-order valence-corrected chi connectivity index (χ3v) is 3.87. The van der Waals surface area contributed by atoms with Crippen LogP contribution in [0.3, 0.4) is 0 Å². The number of hydrogen-bond acceptors (Lipinski definition) is 5. The number of carbonyl (C=O) groups is 1. The molecule has 2 rings (SSSR count). The summed E-state index contributed by atoms with van der Waals surface area (Å²) in [6.07, 6.45) is 2.07. The average Bonchev–Trinajstić information content (AvgIpc) is 2.59. The van der Waals surface area contributed by atoms with E-state index in [1.165, 1.54) is 6.08 Å². The van der Waals surface area contributed by atoms with Crippen molar-refractivity contribution in [3.05, 3.63) is 23.8 Å². The van der Waals surface area contributed by atoms with Crippen molar-refractivity contribution < 1.29 is 18.9 Å². The summed E-state index contributed by atoms with van der Waals surface area (Å²) >= 11 is 0. The van der Waals surface area contributed by atoms with Gasteiger partial charge in [-0.25, -0.2) is 4.79 Å². The fourth-order valence-electron chi connectivity index (χ4n) is 1.94. The Morgan fingerprint density at radius 3 is 2.30 bits per heavy atom. The predicted molar refractivity (Wildman–Crippen MR) is 75.3 cm³/mol. The fraction of sp³-hybridized carbons (Fsp3) is 0.429. The van der Waals surface area contributed by atoms with Crippen LogP contribution in [0.2, 0.25) is 0 Å². The molecule has 1 saturated heterocycles. The first-order valence-electron chi connectivity index (χ1n) is 6.33. The number of aliphatic imine (C=N–C) groups is 1. The molecule has 0 unspecified atom stereocenters. The molecule has 0 saturated carbocycles. The summed E-state index contributed by atoms with van der Waals surface area (Å²) in [4.78, 5) is 24.8. The molecule has 0 atom stereocenters. The summed E-state index contributed by atoms with van der Waals surface area (Å²) in [6, 6.07) is 4.92. The Morgan fingerprint density at radius 2 is 1.80 bits per heavy atom. The van der Waals surface area contributed by atoms with Gasteiger partial charge in [-0.3, -0.25) is 4.79 Å². The minimum atomic E-state index is -0.548. The molecule has 5 nitrogen and oxygen atoms in total. The van der Waals surface area contributed by atoms with Gasteiger partial charge in [0.1, 0.15) is 0 Å². The second-order valence-electron chi connectivity index (χ2n) is 5.73. The van der Waals surface area contributed by atoms with Crippen LogP contribution in [-0.2, 0) is 14.1 Å². The van der Waals surface area contributed by atoms with Crippen LogP contribution in [0.25, 0.3) is 0 Å². The highest BCUT2D eigenvalue weighted by atomic mass is 16.7. The van der Waals surface area contributed by atoms with E-state index in [1.807, 2.05) is 27.7 Å². The molecular formula is C14H16BNO4. The zero-order valence-corrected chi connectivity index (χ0v) is 12.0. The first kappa shape index (κ1) is 14.7. The van der Waals surface area contributed by atoms with Crippen LogP contribution in [0, 0.1) is 0 Å². The maximum atomic E-state index is 11.1. The second kappa shape index (κ2) is 4.98. The van der Waals surface area contributed by atoms with Gasteiger partial charge in [0.25, 0.3) is 0 Å². The van der Waals surface area contributed by atoms with Gasteiger partial charge in [0, 0.05) is 5.56 Å². The highest BCUT2D eigenvalue weighted by molar-refractivity contribution is 6.62. The van der Waals surface area contributed by atoms with Crippen molar-refractivity contribution in [2.45, 2.75) is 38.9 Å². The molecule has 0 aromatic heterocycles. The maximum absolute atomic E-state index is 11.1. The van der Waals surface area contributed by atoms with Crippen LogP contribution >= 0.6 is 0 Å². The van der Waals surface area contributed by atoms with E-state index in [1.54, 1.807) is 18.2 Å². The minimum absolute atomic E-state index is 0.287. The molecule has 104 valence electrons. The summed E-state index contributed by atoms with van der Waals surface area (Å²) in [5.74, 6) is 0. The van der Waals surface area contributed by atoms with Crippen LogP contribution in [-0.4, -0.2) is 30.7 Å². The fourth-order valence-corrected chi connectivity index (χ4v) is 1.94. The maximum Gasteiger partial charge on any atom is 0.494 e. The quantitative estimate of drug-likeness (QED) is 0.364. The average molecular weight is 273 g/mol. The lowest BCUT2D eigenvalue weighted by Gasteiger charge is -2.32. The Balaban J connectivity index is 2.36. The van der Waals surface area contributed by atoms with E-state index in [-0.39, 0.29) is 5.69 Å². The molecule has 1 aromatic carbocycles. The van der Waals surface area contributed by atoms with Crippen LogP contribution in [0.1, 0.15) is 38.1 Å². The molecular weight excluding hydrogens is 257 g/mol. The minimum Gasteiger partial charge on any atom is -0.399 e. The Bertz CT molecular complexity index is 575. The summed E-state index contributed by atoms with van der Waals surface area (Å²) in [7, 11) is -0.548. The molecule has 0 aliphatic carbocycles. The molecule has 0 bridgehead atoms. The number of isocyanates is 1. The van der Waals surface area contributed by atoms with E-state index in [4.69, 9.17) is 9.31 Å². The Morgan fingerprint density at radius 1 is 1.20 bits per heavy atom. The summed E-state index contributed by atoms with van der Waals surface area (Å²) in [5.41, 5.74) is 0.420. The van der Waals surface area contributed by atoms with Gasteiger partial charge in [-0.15, -0.1) is 0 Å². The van der Waals surface area contributed by atoms with E-state index in [0.717, 1.165) is 5.46 Å². The molecule has 20 heavy (non-hydrogen) atoms. The Kier molecular flexibility index (Phi) is 3.65. The highest BCUT2D eigenvalue weighted by Crippen LogP contribution is 2.36. The van der Waals surface area contributed by atoms with Crippen molar-refractivity contribution in [1.82, 2.24) is 0 Å². The molecule has 0 spiro atoms. The lowest BCUT2D eigenvalue weighted by atomic mass is 9.78. The van der Waals surface area contributed by atoms with E-state index >= 15 is 0 Å². The van der Waals surface area contributed by atoms with Crippen LogP contribution in [0.4, 0.5) is 5.69 Å². The van der Waals surface area contributed by atoms with Crippen LogP contribution < -0.4 is 5.46 Å². The Hall–Kier alpha value is -1.75. The van der Waals surface area contributed by atoms with Gasteiger partial charge in [0.2, 0.25) is 6.08 Å². The van der Waals surface area contributed by atoms with Gasteiger partial charge in [-0.1, -0.05) is 6.07 Å². The van der Waals surface area contributed by atoms with Crippen molar-refractivity contribution in [3.63, 3.8) is 0 Å². The van der Waals surface area contributed by atoms with Crippen LogP contribution in [0.5, 0.6) is 0 Å². The van der Waals surface area contributed by atoms with Gasteiger partial charge in [0.15, 0.2) is 6.29 Å². The number of benzene rings is 1. The number of nitrogens with zero attached hydrogens (tertiary/aromatic N) is 1. The van der Waals surface area contributed by atoms with Crippen LogP contribution in [0.15, 0.2) is 23.2 Å². The van der Waals surface area contributed by atoms with Gasteiger partial charge in [0.05, 0.1) is 16.9 Å². The standard InChI is InChI=1S/C14H16BNO4/c1-13(2)14(3,4)20-15(19-13)11-5-6-12(16-9-18)10(7-11)8-17/h5-8H,1-4H3. The van der Waals surface area contributed by atoms with Crippen molar-refractivity contribution >= 4 is 30.6 Å². The lowest BCUT2D eigenvalue weighted by molar-refractivity contribution is 0.00578. The normalized spacial score (nSPS) is 19.5. The zero-order chi connectivity index (χ0) is 15.0. The summed E-state index contributed by atoms with van der Waals surface area (Å²) < 4.78 is 11.8. The molecule has 0 amide bonds. The second-order valence-corrected chi connectivity index (χ2v) is 5.73. The monoisotopic (exact) mass is 273 g/mol. The first-order chi connectivity index (χ1) is 9.30. The molecule has 1 aliphatic rings. The predicted octanol–water partition coefficient (Wildman–Crippen LogP) is 1.77. The zero-order valence-electron chi connectivity index (χ0n) is 12.0. The molecule has 0 radical (unpaired) electrons. The molecule has 1 aromatic rings. The molecule has 0 N–H and O–H groups in total. The van der Waals surface area contributed by atoms with E-state index in [0.29, 0.717) is 11.8 Å². The molecule has 1 aliphatic heterocycles.